The first-order chi connectivity index (χ1) is 13.4. The van der Waals surface area contributed by atoms with E-state index in [0.717, 1.165) is 16.9 Å². The van der Waals surface area contributed by atoms with Gasteiger partial charge in [-0.05, 0) is 53.1 Å². The molecule has 0 radical (unpaired) electrons. The van der Waals surface area contributed by atoms with Gasteiger partial charge in [0.05, 0.1) is 6.04 Å². The summed E-state index contributed by atoms with van der Waals surface area (Å²) < 4.78 is 13.6. The van der Waals surface area contributed by atoms with Crippen LogP contribution in [0.4, 0.5) is 21.5 Å². The molecule has 28 heavy (non-hydrogen) atoms. The molecule has 3 aromatic rings. The van der Waals surface area contributed by atoms with Gasteiger partial charge in [-0.15, -0.1) is 0 Å². The molecule has 0 aromatic heterocycles. The summed E-state index contributed by atoms with van der Waals surface area (Å²) >= 11 is 0. The van der Waals surface area contributed by atoms with Crippen molar-refractivity contribution in [3.63, 3.8) is 0 Å². The van der Waals surface area contributed by atoms with Crippen molar-refractivity contribution in [2.75, 3.05) is 49.9 Å². The lowest BCUT2D eigenvalue weighted by Gasteiger charge is -2.39. The number of halogens is 1. The van der Waals surface area contributed by atoms with Gasteiger partial charge in [0.1, 0.15) is 5.82 Å². The van der Waals surface area contributed by atoms with Crippen molar-refractivity contribution in [3.8, 4) is 11.1 Å². The Bertz CT molecular complexity index is 1010. The maximum absolute atomic E-state index is 13.6. The molecule has 4 heteroatoms. The van der Waals surface area contributed by atoms with E-state index in [1.54, 1.807) is 12.1 Å². The molecule has 3 nitrogen and oxygen atoms in total. The van der Waals surface area contributed by atoms with Crippen molar-refractivity contribution in [2.45, 2.75) is 6.04 Å². The van der Waals surface area contributed by atoms with Crippen LogP contribution < -0.4 is 14.7 Å². The van der Waals surface area contributed by atoms with Gasteiger partial charge in [-0.2, -0.15) is 0 Å². The molecule has 0 bridgehead atoms. The number of nitrogens with zero attached hydrogens (tertiary/aromatic N) is 3. The zero-order chi connectivity index (χ0) is 20.0. The predicted molar refractivity (Wildman–Crippen MR) is 117 cm³/mol. The van der Waals surface area contributed by atoms with Gasteiger partial charge >= 0.3 is 0 Å². The van der Waals surface area contributed by atoms with E-state index in [9.17, 15) is 4.39 Å². The summed E-state index contributed by atoms with van der Waals surface area (Å²) in [6, 6.07) is 20.1. The van der Waals surface area contributed by atoms with Crippen molar-refractivity contribution < 1.29 is 4.39 Å². The second-order valence-electron chi connectivity index (χ2n) is 7.83. The molecule has 1 unspecified atom stereocenters. The number of benzene rings is 3. The summed E-state index contributed by atoms with van der Waals surface area (Å²) in [6.45, 7) is 0. The summed E-state index contributed by atoms with van der Waals surface area (Å²) in [5.74, 6) is -0.209. The Hall–Kier alpha value is -3.01. The predicted octanol–water partition coefficient (Wildman–Crippen LogP) is 5.16. The van der Waals surface area contributed by atoms with E-state index in [2.05, 4.69) is 86.3 Å². The first kappa shape index (κ1) is 18.4. The Morgan fingerprint density at radius 1 is 0.750 bits per heavy atom. The van der Waals surface area contributed by atoms with Crippen LogP contribution in [0.3, 0.4) is 0 Å². The van der Waals surface area contributed by atoms with Crippen molar-refractivity contribution in [1.82, 2.24) is 0 Å². The number of rotatable bonds is 3. The van der Waals surface area contributed by atoms with Crippen LogP contribution >= 0.6 is 0 Å². The number of fused-ring (bicyclic) bond motifs is 3. The lowest BCUT2D eigenvalue weighted by molar-refractivity contribution is 0.625. The molecule has 144 valence electrons. The van der Waals surface area contributed by atoms with Crippen molar-refractivity contribution in [2.24, 2.45) is 0 Å². The maximum atomic E-state index is 13.6. The van der Waals surface area contributed by atoms with Crippen LogP contribution in [0.2, 0.25) is 0 Å². The first-order valence-corrected chi connectivity index (χ1v) is 9.48. The minimum absolute atomic E-state index is 0.0282. The van der Waals surface area contributed by atoms with E-state index in [1.165, 1.54) is 22.4 Å². The SMILES string of the molecule is CN(C)c1ccc2c(c1)C(c1ccc([18F])cc1)N(C)c1cc(N(C)C)ccc1-2. The van der Waals surface area contributed by atoms with E-state index in [1.807, 2.05) is 12.1 Å². The molecule has 1 heterocycles. The lowest BCUT2D eigenvalue weighted by Crippen LogP contribution is -2.29. The van der Waals surface area contributed by atoms with Crippen LogP contribution in [0.25, 0.3) is 11.1 Å². The summed E-state index contributed by atoms with van der Waals surface area (Å²) in [5.41, 5.74) is 8.30. The average Bonchev–Trinajstić information content (AvgIpc) is 2.68. The van der Waals surface area contributed by atoms with Gasteiger partial charge in [0.15, 0.2) is 0 Å². The van der Waals surface area contributed by atoms with E-state index < -0.39 is 0 Å². The molecule has 1 atom stereocenters. The molecule has 0 fully saturated rings. The maximum Gasteiger partial charge on any atom is 0.123 e. The topological polar surface area (TPSA) is 9.72 Å². The third-order valence-corrected chi connectivity index (χ3v) is 5.59. The monoisotopic (exact) mass is 374 g/mol. The molecule has 4 rings (SSSR count). The molecule has 0 saturated carbocycles. The lowest BCUT2D eigenvalue weighted by atomic mass is 9.84. The Labute approximate surface area is 166 Å². The highest BCUT2D eigenvalue weighted by atomic mass is 18.2. The van der Waals surface area contributed by atoms with E-state index in [4.69, 9.17) is 0 Å². The fourth-order valence-corrected chi connectivity index (χ4v) is 4.01. The number of anilines is 3. The number of hydrogen-bond acceptors (Lipinski definition) is 3. The van der Waals surface area contributed by atoms with E-state index in [-0.39, 0.29) is 11.9 Å². The molecule has 1 aliphatic heterocycles. The Morgan fingerprint density at radius 2 is 1.32 bits per heavy atom. The average molecular weight is 374 g/mol. The smallest absolute Gasteiger partial charge is 0.123 e. The van der Waals surface area contributed by atoms with Crippen LogP contribution in [0.5, 0.6) is 0 Å². The van der Waals surface area contributed by atoms with E-state index >= 15 is 0 Å². The molecular formula is C24H26FN3. The van der Waals surface area contributed by atoms with Crippen LogP contribution in [-0.2, 0) is 0 Å². The highest BCUT2D eigenvalue weighted by molar-refractivity contribution is 5.88. The standard InChI is InChI=1S/C24H26FN3/c1-26(2)18-10-12-20-21-13-11-19(27(3)4)15-23(21)28(5)24(22(20)14-18)16-6-8-17(25)9-7-16/h6-15,24H,1-5H3/i25-1. The summed E-state index contributed by atoms with van der Waals surface area (Å²) in [7, 11) is 10.3. The van der Waals surface area contributed by atoms with Gasteiger partial charge in [0.2, 0.25) is 0 Å². The Balaban J connectivity index is 1.96. The van der Waals surface area contributed by atoms with Crippen molar-refractivity contribution >= 4 is 17.1 Å². The zero-order valence-corrected chi connectivity index (χ0v) is 17.1. The van der Waals surface area contributed by atoms with E-state index in [0.29, 0.717) is 0 Å². The van der Waals surface area contributed by atoms with Gasteiger partial charge in [0, 0.05) is 57.9 Å². The fourth-order valence-electron chi connectivity index (χ4n) is 4.01. The van der Waals surface area contributed by atoms with Crippen LogP contribution in [-0.4, -0.2) is 35.2 Å². The zero-order valence-electron chi connectivity index (χ0n) is 17.1. The van der Waals surface area contributed by atoms with Gasteiger partial charge in [-0.3, -0.25) is 0 Å². The molecule has 0 N–H and O–H groups in total. The van der Waals surface area contributed by atoms with Gasteiger partial charge in [-0.25, -0.2) is 4.39 Å². The quantitative estimate of drug-likeness (QED) is 0.627. The minimum atomic E-state index is -0.209. The minimum Gasteiger partial charge on any atom is -0.378 e. The molecular weight excluding hydrogens is 348 g/mol. The third kappa shape index (κ3) is 2.99. The van der Waals surface area contributed by atoms with Crippen LogP contribution in [0, 0.1) is 5.82 Å². The molecule has 0 aliphatic carbocycles. The fraction of sp³-hybridized carbons (Fsp3) is 0.250. The highest BCUT2D eigenvalue weighted by Gasteiger charge is 2.30. The van der Waals surface area contributed by atoms with Crippen molar-refractivity contribution in [3.05, 3.63) is 77.6 Å². The molecule has 0 amide bonds. The second-order valence-corrected chi connectivity index (χ2v) is 7.83. The third-order valence-electron chi connectivity index (χ3n) is 5.59. The molecule has 0 spiro atoms. The molecule has 1 aliphatic rings. The van der Waals surface area contributed by atoms with Gasteiger partial charge in [0.25, 0.3) is 0 Å². The Morgan fingerprint density at radius 3 is 1.93 bits per heavy atom. The van der Waals surface area contributed by atoms with Crippen LogP contribution in [0.15, 0.2) is 60.7 Å². The van der Waals surface area contributed by atoms with Crippen molar-refractivity contribution in [1.29, 1.82) is 0 Å². The highest BCUT2D eigenvalue weighted by Crippen LogP contribution is 2.48. The Kier molecular flexibility index (Phi) is 4.50. The summed E-state index contributed by atoms with van der Waals surface area (Å²) in [6.07, 6.45) is 0. The largest absolute Gasteiger partial charge is 0.378 e. The second kappa shape index (κ2) is 6.86. The molecule has 3 aromatic carbocycles. The number of hydrogen-bond donors (Lipinski definition) is 0. The summed E-state index contributed by atoms with van der Waals surface area (Å²) in [5, 5.41) is 0. The van der Waals surface area contributed by atoms with Gasteiger partial charge < -0.3 is 14.7 Å². The summed E-state index contributed by atoms with van der Waals surface area (Å²) in [4.78, 5) is 6.54. The molecule has 0 saturated heterocycles. The normalized spacial score (nSPS) is 15.1. The van der Waals surface area contributed by atoms with Crippen LogP contribution in [0.1, 0.15) is 17.2 Å². The van der Waals surface area contributed by atoms with Gasteiger partial charge in [-0.1, -0.05) is 24.3 Å². The first-order valence-electron chi connectivity index (χ1n) is 9.48.